The Morgan fingerprint density at radius 3 is 1.15 bits per heavy atom. The van der Waals surface area contributed by atoms with Gasteiger partial charge in [-0.15, -0.1) is 0 Å². The second kappa shape index (κ2) is 31.1. The molecule has 7 heteroatoms. The molecule has 0 saturated heterocycles. The molecule has 0 aliphatic rings. The maximum absolute atomic E-state index is 9.18. The first kappa shape index (κ1) is 32.1. The molecule has 0 amide bonds. The Balaban J connectivity index is -0.000000471. The van der Waals surface area contributed by atoms with E-state index in [2.05, 4.69) is 39.1 Å². The Kier molecular flexibility index (Phi) is 37.0. The molecule has 0 aromatic carbocycles. The van der Waals surface area contributed by atoms with Crippen molar-refractivity contribution in [2.45, 2.75) is 99.8 Å². The summed E-state index contributed by atoms with van der Waals surface area (Å²) < 4.78 is 3.31. The normalized spacial score (nSPS) is 9.33. The molecule has 0 radical (unpaired) electrons. The summed E-state index contributed by atoms with van der Waals surface area (Å²) in [6, 6.07) is 0. The second-order valence-electron chi connectivity index (χ2n) is 6.35. The van der Waals surface area contributed by atoms with E-state index in [1.165, 1.54) is 64.2 Å². The second-order valence-corrected chi connectivity index (χ2v) is 11.3. The van der Waals surface area contributed by atoms with Crippen LogP contribution in [0, 0.1) is 0 Å². The molecule has 0 saturated carbocycles. The first-order valence-corrected chi connectivity index (χ1v) is 15.6. The van der Waals surface area contributed by atoms with Crippen LogP contribution in [0.5, 0.6) is 0 Å². The van der Waals surface area contributed by atoms with E-state index in [9.17, 15) is 19.8 Å². The number of rotatable bonds is 16. The van der Waals surface area contributed by atoms with Gasteiger partial charge in [0.15, 0.2) is 0 Å². The summed E-state index contributed by atoms with van der Waals surface area (Å²) in [6.45, 7) is 4.60. The molecule has 0 bridgehead atoms. The Hall–Kier alpha value is 0.439. The minimum absolute atomic E-state index is 0.0736. The summed E-state index contributed by atoms with van der Waals surface area (Å²) in [5.41, 5.74) is 0. The minimum atomic E-state index is -1.13. The SMILES string of the molecule is CCCCCCC[CH2][Sn+2][CH2]CCCCCCC.O=C([O-])CS.O=C([O-])CS. The van der Waals surface area contributed by atoms with Crippen molar-refractivity contribution in [3.63, 3.8) is 0 Å². The number of carbonyl (C=O) groups is 2. The predicted octanol–water partition coefficient (Wildman–Crippen LogP) is 3.58. The number of aliphatic carboxylic acids is 2. The van der Waals surface area contributed by atoms with Crippen molar-refractivity contribution in [1.29, 1.82) is 0 Å². The molecule has 0 aliphatic heterocycles. The zero-order chi connectivity index (χ0) is 21.2. The molecule has 0 atom stereocenters. The van der Waals surface area contributed by atoms with Crippen molar-refractivity contribution < 1.29 is 19.8 Å². The largest absolute Gasteiger partial charge is 0.549 e. The number of carboxylic acid groups (broad SMARTS) is 2. The van der Waals surface area contributed by atoms with Gasteiger partial charge >= 0.3 is 121 Å². The quantitative estimate of drug-likeness (QED) is 0.183. The number of hydrogen-bond acceptors (Lipinski definition) is 6. The van der Waals surface area contributed by atoms with E-state index in [1.54, 1.807) is 21.7 Å². The molecule has 0 aliphatic carbocycles. The maximum atomic E-state index is 9.18. The molecule has 0 aromatic heterocycles. The number of unbranched alkanes of at least 4 members (excludes halogenated alkanes) is 10. The summed E-state index contributed by atoms with van der Waals surface area (Å²) >= 11 is 6.78. The fourth-order valence-corrected chi connectivity index (χ4v) is 5.75. The number of thiol groups is 2. The molecule has 0 heterocycles. The molecule has 27 heavy (non-hydrogen) atoms. The van der Waals surface area contributed by atoms with Gasteiger partial charge in [-0.1, -0.05) is 0 Å². The zero-order valence-electron chi connectivity index (χ0n) is 17.3. The molecule has 0 spiro atoms. The number of carboxylic acids is 2. The van der Waals surface area contributed by atoms with Gasteiger partial charge in [-0.3, -0.25) is 0 Å². The predicted molar refractivity (Wildman–Crippen MR) is 120 cm³/mol. The van der Waals surface area contributed by atoms with Crippen molar-refractivity contribution in [2.24, 2.45) is 0 Å². The van der Waals surface area contributed by atoms with Crippen LogP contribution < -0.4 is 10.2 Å². The van der Waals surface area contributed by atoms with Crippen molar-refractivity contribution in [3.8, 4) is 0 Å². The van der Waals surface area contributed by atoms with Crippen LogP contribution in [0.4, 0.5) is 0 Å². The van der Waals surface area contributed by atoms with Gasteiger partial charge in [0.2, 0.25) is 0 Å². The van der Waals surface area contributed by atoms with Gasteiger partial charge in [0.1, 0.15) is 0 Å². The first-order chi connectivity index (χ1) is 13.0. The standard InChI is InChI=1S/2C8H17.2C2H4O2S.Sn/c2*1-3-5-7-8-6-4-2;2*3-2(4)1-5;/h2*1,3-8H2,2H3;2*5H,1H2,(H,3,4);/q;;;;+2/p-2. The molecule has 0 fully saturated rings. The van der Waals surface area contributed by atoms with Crippen LogP contribution in [0.1, 0.15) is 90.9 Å². The van der Waals surface area contributed by atoms with Gasteiger partial charge in [-0.2, -0.15) is 25.3 Å². The van der Waals surface area contributed by atoms with E-state index >= 15 is 0 Å². The fourth-order valence-electron chi connectivity index (χ4n) is 2.19. The summed E-state index contributed by atoms with van der Waals surface area (Å²) in [5.74, 6) is -2.65. The summed E-state index contributed by atoms with van der Waals surface area (Å²) in [6.07, 6.45) is 17.8. The number of hydrogen-bond donors (Lipinski definition) is 2. The first-order valence-electron chi connectivity index (χ1n) is 10.3. The molecule has 0 unspecified atom stereocenters. The third-order valence-corrected chi connectivity index (χ3v) is 8.23. The Morgan fingerprint density at radius 2 is 0.889 bits per heavy atom. The molecule has 4 nitrogen and oxygen atoms in total. The van der Waals surface area contributed by atoms with E-state index in [0.29, 0.717) is 0 Å². The Bertz CT molecular complexity index is 278. The van der Waals surface area contributed by atoms with Gasteiger partial charge in [-0.05, 0) is 0 Å². The average molecular weight is 527 g/mol. The van der Waals surface area contributed by atoms with Crippen LogP contribution in [0.2, 0.25) is 8.87 Å². The van der Waals surface area contributed by atoms with Gasteiger partial charge in [-0.25, -0.2) is 0 Å². The monoisotopic (exact) mass is 528 g/mol. The molecule has 0 aromatic rings. The third-order valence-electron chi connectivity index (χ3n) is 3.67. The fraction of sp³-hybridized carbons (Fsp3) is 0.900. The van der Waals surface area contributed by atoms with Crippen molar-refractivity contribution >= 4 is 58.3 Å². The van der Waals surface area contributed by atoms with Crippen molar-refractivity contribution in [3.05, 3.63) is 0 Å². The molecular weight excluding hydrogens is 487 g/mol. The summed E-state index contributed by atoms with van der Waals surface area (Å²) in [5, 5.41) is 18.4. The van der Waals surface area contributed by atoms with Gasteiger partial charge < -0.3 is 19.8 Å². The van der Waals surface area contributed by atoms with Gasteiger partial charge in [0.25, 0.3) is 0 Å². The Morgan fingerprint density at radius 1 is 0.630 bits per heavy atom. The third kappa shape index (κ3) is 46.4. The molecule has 0 rings (SSSR count). The van der Waals surface area contributed by atoms with Gasteiger partial charge in [0, 0.05) is 11.5 Å². The smallest absolute Gasteiger partial charge is 0.0510 e. The van der Waals surface area contributed by atoms with E-state index in [1.807, 2.05) is 0 Å². The van der Waals surface area contributed by atoms with Crippen molar-refractivity contribution in [1.82, 2.24) is 0 Å². The van der Waals surface area contributed by atoms with Crippen LogP contribution in [0.25, 0.3) is 0 Å². The molecular formula is C20H40O4S2Sn. The van der Waals surface area contributed by atoms with E-state index in [4.69, 9.17) is 0 Å². The maximum Gasteiger partial charge on any atom is 0.0510 e. The van der Waals surface area contributed by atoms with Crippen LogP contribution in [-0.4, -0.2) is 44.6 Å². The van der Waals surface area contributed by atoms with E-state index in [0.717, 1.165) is 0 Å². The summed E-state index contributed by atoms with van der Waals surface area (Å²) in [4.78, 5) is 18.4. The Labute approximate surface area is 188 Å². The molecule has 160 valence electrons. The van der Waals surface area contributed by atoms with Crippen LogP contribution in [0.3, 0.4) is 0 Å². The molecule has 0 N–H and O–H groups in total. The number of carbonyl (C=O) groups excluding carboxylic acids is 2. The van der Waals surface area contributed by atoms with Crippen molar-refractivity contribution in [2.75, 3.05) is 11.5 Å². The van der Waals surface area contributed by atoms with E-state index < -0.39 is 11.9 Å². The van der Waals surface area contributed by atoms with E-state index in [-0.39, 0.29) is 32.6 Å². The summed E-state index contributed by atoms with van der Waals surface area (Å²) in [7, 11) is 0. The van der Waals surface area contributed by atoms with Crippen LogP contribution >= 0.6 is 25.3 Å². The average Bonchev–Trinajstić information content (AvgIpc) is 2.66. The zero-order valence-corrected chi connectivity index (χ0v) is 22.0. The minimum Gasteiger partial charge on any atom is -0.549 e. The van der Waals surface area contributed by atoms with Crippen LogP contribution in [-0.2, 0) is 9.59 Å². The topological polar surface area (TPSA) is 80.3 Å². The van der Waals surface area contributed by atoms with Gasteiger partial charge in [0.05, 0.1) is 11.9 Å². The van der Waals surface area contributed by atoms with Crippen LogP contribution in [0.15, 0.2) is 0 Å².